The van der Waals surface area contributed by atoms with Gasteiger partial charge in [-0.05, 0) is 37.6 Å². The molecule has 0 bridgehead atoms. The van der Waals surface area contributed by atoms with Crippen LogP contribution in [0.2, 0.25) is 0 Å². The second-order valence-electron chi connectivity index (χ2n) is 4.14. The molecule has 2 unspecified atom stereocenters. The van der Waals surface area contributed by atoms with E-state index in [4.69, 9.17) is 9.57 Å². The summed E-state index contributed by atoms with van der Waals surface area (Å²) in [5.41, 5.74) is 0.795. The van der Waals surface area contributed by atoms with Gasteiger partial charge in [-0.1, -0.05) is 17.2 Å². The molecule has 2 N–H and O–H groups in total. The van der Waals surface area contributed by atoms with Crippen molar-refractivity contribution in [2.24, 2.45) is 0 Å². The van der Waals surface area contributed by atoms with Crippen LogP contribution in [-0.2, 0) is 9.63 Å². The van der Waals surface area contributed by atoms with Gasteiger partial charge in [0, 0.05) is 6.08 Å². The Bertz CT molecular complexity index is 445. The van der Waals surface area contributed by atoms with Gasteiger partial charge >= 0.3 is 5.97 Å². The van der Waals surface area contributed by atoms with Crippen LogP contribution in [-0.4, -0.2) is 40.8 Å². The molecule has 6 nitrogen and oxygen atoms in total. The maximum atomic E-state index is 11.6. The molecule has 0 amide bonds. The molecule has 6 heteroatoms. The lowest BCUT2D eigenvalue weighted by Crippen LogP contribution is -2.41. The minimum absolute atomic E-state index is 0.692. The summed E-state index contributed by atoms with van der Waals surface area (Å²) >= 11 is 0. The van der Waals surface area contributed by atoms with Crippen LogP contribution in [0.25, 0.3) is 6.08 Å². The van der Waals surface area contributed by atoms with Crippen LogP contribution in [0, 0.1) is 0 Å². The molecule has 0 radical (unpaired) electrons. The number of methoxy groups -OCH3 is 1. The number of hydroxylamine groups is 2. The first-order chi connectivity index (χ1) is 9.43. The standard InChI is InChI=1S/C14H19NO5/c1-10(16)15(11(2)17)20-14(18)9-6-12-4-7-13(19-3)8-5-12/h4-11,16-17H,1-3H3. The fourth-order valence-corrected chi connectivity index (χ4v) is 1.48. The molecule has 0 saturated heterocycles. The summed E-state index contributed by atoms with van der Waals surface area (Å²) in [5, 5.41) is 19.4. The van der Waals surface area contributed by atoms with E-state index in [1.807, 2.05) is 0 Å². The molecule has 0 fully saturated rings. The molecule has 0 aliphatic rings. The first-order valence-corrected chi connectivity index (χ1v) is 6.12. The maximum absolute atomic E-state index is 11.6. The van der Waals surface area contributed by atoms with E-state index < -0.39 is 18.4 Å². The molecule has 1 rings (SSSR count). The molecule has 0 aliphatic carbocycles. The number of hydrogen-bond acceptors (Lipinski definition) is 6. The van der Waals surface area contributed by atoms with Crippen LogP contribution in [0.3, 0.4) is 0 Å². The summed E-state index contributed by atoms with van der Waals surface area (Å²) in [4.78, 5) is 16.4. The van der Waals surface area contributed by atoms with Gasteiger partial charge in [-0.3, -0.25) is 0 Å². The first kappa shape index (κ1) is 16.2. The van der Waals surface area contributed by atoms with Crippen LogP contribution in [0.1, 0.15) is 19.4 Å². The SMILES string of the molecule is COc1ccc(C=CC(=O)ON(C(C)O)C(C)O)cc1. The molecule has 1 aromatic carbocycles. The van der Waals surface area contributed by atoms with Gasteiger partial charge in [0.25, 0.3) is 0 Å². The quantitative estimate of drug-likeness (QED) is 0.462. The van der Waals surface area contributed by atoms with Crippen LogP contribution in [0.5, 0.6) is 5.75 Å². The number of benzene rings is 1. The van der Waals surface area contributed by atoms with Crippen molar-refractivity contribution >= 4 is 12.0 Å². The Hall–Kier alpha value is -1.89. The van der Waals surface area contributed by atoms with Crippen molar-refractivity contribution < 1.29 is 24.6 Å². The van der Waals surface area contributed by atoms with Gasteiger partial charge in [0.15, 0.2) is 0 Å². The van der Waals surface area contributed by atoms with Crippen LogP contribution >= 0.6 is 0 Å². The highest BCUT2D eigenvalue weighted by Gasteiger charge is 2.20. The maximum Gasteiger partial charge on any atom is 0.349 e. The van der Waals surface area contributed by atoms with E-state index >= 15 is 0 Å². The van der Waals surface area contributed by atoms with Gasteiger partial charge in [0.1, 0.15) is 18.2 Å². The van der Waals surface area contributed by atoms with Crippen molar-refractivity contribution in [3.05, 3.63) is 35.9 Å². The molecular weight excluding hydrogens is 262 g/mol. The molecule has 0 heterocycles. The van der Waals surface area contributed by atoms with Crippen LogP contribution in [0.4, 0.5) is 0 Å². The zero-order valence-electron chi connectivity index (χ0n) is 11.7. The van der Waals surface area contributed by atoms with E-state index in [-0.39, 0.29) is 0 Å². The van der Waals surface area contributed by atoms with Gasteiger partial charge in [0.2, 0.25) is 0 Å². The minimum atomic E-state index is -1.10. The second-order valence-corrected chi connectivity index (χ2v) is 4.14. The third-order valence-corrected chi connectivity index (χ3v) is 2.46. The number of aliphatic hydroxyl groups is 2. The van der Waals surface area contributed by atoms with E-state index in [2.05, 4.69) is 0 Å². The zero-order valence-corrected chi connectivity index (χ0v) is 11.7. The molecule has 0 spiro atoms. The number of ether oxygens (including phenoxy) is 1. The molecule has 0 aliphatic heterocycles. The van der Waals surface area contributed by atoms with E-state index in [0.29, 0.717) is 0 Å². The van der Waals surface area contributed by atoms with E-state index in [9.17, 15) is 15.0 Å². The number of aliphatic hydroxyl groups excluding tert-OH is 2. The number of hydrogen-bond donors (Lipinski definition) is 2. The minimum Gasteiger partial charge on any atom is -0.497 e. The third kappa shape index (κ3) is 5.00. The van der Waals surface area contributed by atoms with E-state index in [0.717, 1.165) is 16.4 Å². The molecule has 110 valence electrons. The highest BCUT2D eigenvalue weighted by atomic mass is 16.7. The molecule has 0 aromatic heterocycles. The summed E-state index contributed by atoms with van der Waals surface area (Å²) < 4.78 is 5.02. The second kappa shape index (κ2) is 7.64. The van der Waals surface area contributed by atoms with Crippen molar-refractivity contribution in [2.45, 2.75) is 26.3 Å². The smallest absolute Gasteiger partial charge is 0.349 e. The fourth-order valence-electron chi connectivity index (χ4n) is 1.48. The van der Waals surface area contributed by atoms with Crippen LogP contribution < -0.4 is 4.74 Å². The lowest BCUT2D eigenvalue weighted by atomic mass is 10.2. The summed E-state index contributed by atoms with van der Waals surface area (Å²) in [5.74, 6) is 0.0294. The first-order valence-electron chi connectivity index (χ1n) is 6.12. The molecular formula is C14H19NO5. The molecule has 2 atom stereocenters. The zero-order chi connectivity index (χ0) is 15.1. The van der Waals surface area contributed by atoms with Crippen molar-refractivity contribution in [1.29, 1.82) is 0 Å². The monoisotopic (exact) mass is 281 g/mol. The molecule has 0 saturated carbocycles. The average molecular weight is 281 g/mol. The molecule has 20 heavy (non-hydrogen) atoms. The van der Waals surface area contributed by atoms with Gasteiger partial charge in [-0.2, -0.15) is 0 Å². The number of nitrogens with zero attached hydrogens (tertiary/aromatic N) is 1. The lowest BCUT2D eigenvalue weighted by Gasteiger charge is -2.25. The predicted octanol–water partition coefficient (Wildman–Crippen LogP) is 1.15. The van der Waals surface area contributed by atoms with Crippen molar-refractivity contribution in [3.8, 4) is 5.75 Å². The molecule has 1 aromatic rings. The van der Waals surface area contributed by atoms with Gasteiger partial charge in [0.05, 0.1) is 7.11 Å². The Kier molecular flexibility index (Phi) is 6.17. The Morgan fingerprint density at radius 1 is 1.20 bits per heavy atom. The van der Waals surface area contributed by atoms with Crippen molar-refractivity contribution in [3.63, 3.8) is 0 Å². The summed E-state index contributed by atoms with van der Waals surface area (Å²) in [6.07, 6.45) is 0.561. The fraction of sp³-hybridized carbons (Fsp3) is 0.357. The van der Waals surface area contributed by atoms with E-state index in [1.54, 1.807) is 37.5 Å². The topological polar surface area (TPSA) is 79.2 Å². The normalized spacial score (nSPS) is 14.3. The summed E-state index contributed by atoms with van der Waals surface area (Å²) in [6, 6.07) is 7.10. The number of rotatable bonds is 6. The summed E-state index contributed by atoms with van der Waals surface area (Å²) in [7, 11) is 1.57. The van der Waals surface area contributed by atoms with Gasteiger partial charge < -0.3 is 19.8 Å². The Labute approximate surface area is 117 Å². The summed E-state index contributed by atoms with van der Waals surface area (Å²) in [6.45, 7) is 2.76. The van der Waals surface area contributed by atoms with Crippen molar-refractivity contribution in [2.75, 3.05) is 7.11 Å². The van der Waals surface area contributed by atoms with E-state index in [1.165, 1.54) is 19.9 Å². The highest BCUT2D eigenvalue weighted by molar-refractivity contribution is 5.86. The highest BCUT2D eigenvalue weighted by Crippen LogP contribution is 2.12. The third-order valence-electron chi connectivity index (χ3n) is 2.46. The average Bonchev–Trinajstić information content (AvgIpc) is 2.42. The van der Waals surface area contributed by atoms with Gasteiger partial charge in [-0.25, -0.2) is 4.79 Å². The predicted molar refractivity (Wildman–Crippen MR) is 73.3 cm³/mol. The Morgan fingerprint density at radius 2 is 1.75 bits per heavy atom. The Balaban J connectivity index is 2.62. The largest absolute Gasteiger partial charge is 0.497 e. The lowest BCUT2D eigenvalue weighted by molar-refractivity contribution is -0.273. The number of carbonyl (C=O) groups is 1. The van der Waals surface area contributed by atoms with Crippen molar-refractivity contribution in [1.82, 2.24) is 5.06 Å². The number of carbonyl (C=O) groups excluding carboxylic acids is 1. The van der Waals surface area contributed by atoms with Crippen LogP contribution in [0.15, 0.2) is 30.3 Å². The Morgan fingerprint density at radius 3 is 2.20 bits per heavy atom. The van der Waals surface area contributed by atoms with Gasteiger partial charge in [-0.15, -0.1) is 0 Å².